The normalized spacial score (nSPS) is 12.7. The number of allylic oxidation sites excluding steroid dienone is 1. The molecule has 4 heteroatoms. The molecule has 0 amide bonds. The lowest BCUT2D eigenvalue weighted by atomic mass is 9.86. The van der Waals surface area contributed by atoms with Gasteiger partial charge in [0.1, 0.15) is 11.2 Å². The number of fused-ring (bicyclic) bond motifs is 5. The second kappa shape index (κ2) is 12.0. The first-order valence-corrected chi connectivity index (χ1v) is 17.4. The maximum Gasteiger partial charge on any atom is 0.164 e. The summed E-state index contributed by atoms with van der Waals surface area (Å²) in [6.07, 6.45) is 4.37. The Balaban J connectivity index is 1.25. The highest BCUT2D eigenvalue weighted by molar-refractivity contribution is 6.13. The predicted octanol–water partition coefficient (Wildman–Crippen LogP) is 12.0. The molecule has 10 rings (SSSR count). The van der Waals surface area contributed by atoms with Gasteiger partial charge >= 0.3 is 0 Å². The SMILES string of the molecule is C1=C(c2cc(-c3nc(-c4ccccc4)nc(-c4ccc(-c5ccccc5)c5ccccc45)n3)c3c(c2)oc2ccccc23)c2ccccc2CC1. The van der Waals surface area contributed by atoms with E-state index in [1.165, 1.54) is 27.8 Å². The van der Waals surface area contributed by atoms with Gasteiger partial charge in [0.2, 0.25) is 0 Å². The molecule has 2 aromatic heterocycles. The number of para-hydroxylation sites is 1. The summed E-state index contributed by atoms with van der Waals surface area (Å²) in [5, 5.41) is 4.27. The molecule has 2 heterocycles. The van der Waals surface area contributed by atoms with Crippen LogP contribution in [0.4, 0.5) is 0 Å². The van der Waals surface area contributed by atoms with E-state index in [2.05, 4.69) is 133 Å². The predicted molar refractivity (Wildman–Crippen MR) is 208 cm³/mol. The zero-order valence-electron chi connectivity index (χ0n) is 27.8. The minimum absolute atomic E-state index is 0.609. The molecule has 0 radical (unpaired) electrons. The number of hydrogen-bond donors (Lipinski definition) is 0. The van der Waals surface area contributed by atoms with Crippen molar-refractivity contribution in [1.82, 2.24) is 15.0 Å². The van der Waals surface area contributed by atoms with Crippen molar-refractivity contribution in [2.45, 2.75) is 12.8 Å². The van der Waals surface area contributed by atoms with Crippen LogP contribution in [0.1, 0.15) is 23.1 Å². The Morgan fingerprint density at radius 1 is 0.412 bits per heavy atom. The van der Waals surface area contributed by atoms with Gasteiger partial charge in [-0.05, 0) is 81.3 Å². The fourth-order valence-corrected chi connectivity index (χ4v) is 7.64. The Morgan fingerprint density at radius 3 is 1.82 bits per heavy atom. The van der Waals surface area contributed by atoms with Crippen molar-refractivity contribution >= 4 is 38.3 Å². The fourth-order valence-electron chi connectivity index (χ4n) is 7.64. The van der Waals surface area contributed by atoms with Gasteiger partial charge in [-0.15, -0.1) is 0 Å². The molecule has 240 valence electrons. The fraction of sp³-hybridized carbons (Fsp3) is 0.0426. The van der Waals surface area contributed by atoms with E-state index in [0.29, 0.717) is 17.5 Å². The lowest BCUT2D eigenvalue weighted by Gasteiger charge is -2.19. The molecule has 0 unspecified atom stereocenters. The molecule has 0 atom stereocenters. The van der Waals surface area contributed by atoms with Gasteiger partial charge in [0.05, 0.1) is 0 Å². The summed E-state index contributed by atoms with van der Waals surface area (Å²) in [7, 11) is 0. The molecule has 0 spiro atoms. The minimum Gasteiger partial charge on any atom is -0.456 e. The van der Waals surface area contributed by atoms with Crippen LogP contribution in [-0.2, 0) is 6.42 Å². The quantitative estimate of drug-likeness (QED) is 0.185. The monoisotopic (exact) mass is 653 g/mol. The van der Waals surface area contributed by atoms with E-state index in [1.807, 2.05) is 30.3 Å². The molecule has 0 saturated heterocycles. The van der Waals surface area contributed by atoms with E-state index in [0.717, 1.165) is 67.8 Å². The third-order valence-corrected chi connectivity index (χ3v) is 10.0. The van der Waals surface area contributed by atoms with Gasteiger partial charge in [-0.1, -0.05) is 140 Å². The van der Waals surface area contributed by atoms with Crippen LogP contribution in [0.2, 0.25) is 0 Å². The van der Waals surface area contributed by atoms with Gasteiger partial charge in [0.25, 0.3) is 0 Å². The molecular formula is C47H31N3O. The van der Waals surface area contributed by atoms with Crippen LogP contribution in [0, 0.1) is 0 Å². The van der Waals surface area contributed by atoms with Gasteiger partial charge in [0, 0.05) is 27.5 Å². The lowest BCUT2D eigenvalue weighted by Crippen LogP contribution is -2.03. The zero-order valence-corrected chi connectivity index (χ0v) is 27.8. The largest absolute Gasteiger partial charge is 0.456 e. The Kier molecular flexibility index (Phi) is 6.91. The average molecular weight is 654 g/mol. The van der Waals surface area contributed by atoms with Crippen molar-refractivity contribution in [3.63, 3.8) is 0 Å². The number of aromatic nitrogens is 3. The van der Waals surface area contributed by atoms with Crippen molar-refractivity contribution in [3.8, 4) is 45.3 Å². The van der Waals surface area contributed by atoms with Gasteiger partial charge in [-0.2, -0.15) is 0 Å². The molecule has 0 N–H and O–H groups in total. The van der Waals surface area contributed by atoms with Crippen LogP contribution >= 0.6 is 0 Å². The number of nitrogens with zero attached hydrogens (tertiary/aromatic N) is 3. The number of aryl methyl sites for hydroxylation is 1. The molecule has 0 saturated carbocycles. The molecule has 7 aromatic carbocycles. The summed E-state index contributed by atoms with van der Waals surface area (Å²) in [5.74, 6) is 1.86. The second-order valence-corrected chi connectivity index (χ2v) is 13.1. The maximum absolute atomic E-state index is 6.58. The molecular weight excluding hydrogens is 623 g/mol. The van der Waals surface area contributed by atoms with Gasteiger partial charge in [-0.3, -0.25) is 0 Å². The number of hydrogen-bond acceptors (Lipinski definition) is 4. The third kappa shape index (κ3) is 5.03. The summed E-state index contributed by atoms with van der Waals surface area (Å²) >= 11 is 0. The molecule has 4 nitrogen and oxygen atoms in total. The summed E-state index contributed by atoms with van der Waals surface area (Å²) in [6, 6.07) is 55.0. The highest BCUT2D eigenvalue weighted by atomic mass is 16.3. The molecule has 0 fully saturated rings. The third-order valence-electron chi connectivity index (χ3n) is 10.0. The molecule has 0 aliphatic heterocycles. The first-order valence-electron chi connectivity index (χ1n) is 17.4. The lowest BCUT2D eigenvalue weighted by molar-refractivity contribution is 0.669. The van der Waals surface area contributed by atoms with E-state index in [9.17, 15) is 0 Å². The van der Waals surface area contributed by atoms with Crippen molar-refractivity contribution < 1.29 is 4.42 Å². The molecule has 51 heavy (non-hydrogen) atoms. The zero-order chi connectivity index (χ0) is 33.7. The number of furan rings is 1. The maximum atomic E-state index is 6.58. The van der Waals surface area contributed by atoms with Crippen molar-refractivity contribution in [2.75, 3.05) is 0 Å². The summed E-state index contributed by atoms with van der Waals surface area (Å²) in [5.41, 5.74) is 11.7. The van der Waals surface area contributed by atoms with Crippen molar-refractivity contribution in [2.24, 2.45) is 0 Å². The van der Waals surface area contributed by atoms with Crippen molar-refractivity contribution in [1.29, 1.82) is 0 Å². The van der Waals surface area contributed by atoms with E-state index < -0.39 is 0 Å². The first-order chi connectivity index (χ1) is 25.3. The van der Waals surface area contributed by atoms with Crippen LogP contribution in [0.3, 0.4) is 0 Å². The molecule has 9 aromatic rings. The Hall–Kier alpha value is -6.65. The second-order valence-electron chi connectivity index (χ2n) is 13.1. The number of rotatable bonds is 5. The van der Waals surface area contributed by atoms with E-state index in [1.54, 1.807) is 0 Å². The highest BCUT2D eigenvalue weighted by Gasteiger charge is 2.22. The smallest absolute Gasteiger partial charge is 0.164 e. The van der Waals surface area contributed by atoms with Gasteiger partial charge in [-0.25, -0.2) is 15.0 Å². The molecule has 1 aliphatic rings. The highest BCUT2D eigenvalue weighted by Crippen LogP contribution is 2.42. The topological polar surface area (TPSA) is 51.8 Å². The van der Waals surface area contributed by atoms with Crippen LogP contribution in [0.5, 0.6) is 0 Å². The van der Waals surface area contributed by atoms with E-state index in [-0.39, 0.29) is 0 Å². The van der Waals surface area contributed by atoms with Crippen LogP contribution in [0.15, 0.2) is 168 Å². The van der Waals surface area contributed by atoms with E-state index >= 15 is 0 Å². The van der Waals surface area contributed by atoms with Gasteiger partial charge < -0.3 is 4.42 Å². The van der Waals surface area contributed by atoms with Crippen LogP contribution < -0.4 is 0 Å². The minimum atomic E-state index is 0.609. The average Bonchev–Trinajstić information content (AvgIpc) is 3.59. The van der Waals surface area contributed by atoms with E-state index in [4.69, 9.17) is 19.4 Å². The molecule has 0 bridgehead atoms. The first kappa shape index (κ1) is 29.3. The van der Waals surface area contributed by atoms with Crippen LogP contribution in [0.25, 0.3) is 83.6 Å². The summed E-state index contributed by atoms with van der Waals surface area (Å²) in [6.45, 7) is 0. The Labute approximate surface area is 295 Å². The van der Waals surface area contributed by atoms with Gasteiger partial charge in [0.15, 0.2) is 17.5 Å². The Morgan fingerprint density at radius 2 is 1.02 bits per heavy atom. The summed E-state index contributed by atoms with van der Waals surface area (Å²) < 4.78 is 6.58. The summed E-state index contributed by atoms with van der Waals surface area (Å²) in [4.78, 5) is 15.7. The van der Waals surface area contributed by atoms with Crippen LogP contribution in [-0.4, -0.2) is 15.0 Å². The Bertz CT molecular complexity index is 2800. The molecule has 1 aliphatic carbocycles. The van der Waals surface area contributed by atoms with Crippen molar-refractivity contribution in [3.05, 3.63) is 180 Å². The number of benzene rings is 7. The standard InChI is InChI=1S/C47H31N3O/c1-3-14-30(15-4-1)36-26-27-39(38-22-10-9-21-37(36)38)46-48-45(32-17-5-2-6-18-32)49-47(50-46)41-28-33(35-24-13-19-31-16-7-8-20-34(31)35)29-43-44(41)40-23-11-12-25-42(40)51-43/h1-12,14-18,20-29H,13,19H2.